The highest BCUT2D eigenvalue weighted by atomic mass is 79.9. The average Bonchev–Trinajstić information content (AvgIpc) is 2.39. The van der Waals surface area contributed by atoms with Crippen molar-refractivity contribution in [2.45, 2.75) is 6.42 Å². The molecule has 0 fully saturated rings. The van der Waals surface area contributed by atoms with Gasteiger partial charge in [0, 0.05) is 20.3 Å². The van der Waals surface area contributed by atoms with E-state index in [0.29, 0.717) is 37.7 Å². The second kappa shape index (κ2) is 9.08. The molecule has 0 amide bonds. The van der Waals surface area contributed by atoms with Gasteiger partial charge in [-0.15, -0.1) is 0 Å². The van der Waals surface area contributed by atoms with Gasteiger partial charge in [0.05, 0.1) is 16.6 Å². The van der Waals surface area contributed by atoms with Crippen LogP contribution in [0, 0.1) is 0 Å². The molecule has 0 atom stereocenters. The van der Waals surface area contributed by atoms with Gasteiger partial charge in [0.2, 0.25) is 0 Å². The van der Waals surface area contributed by atoms with Crippen LogP contribution in [0.2, 0.25) is 0 Å². The summed E-state index contributed by atoms with van der Waals surface area (Å²) in [5, 5.41) is 0. The Morgan fingerprint density at radius 1 is 1.22 bits per heavy atom. The molecule has 0 aliphatic rings. The molecule has 0 aliphatic heterocycles. The summed E-state index contributed by atoms with van der Waals surface area (Å²) >= 11 is 3.35. The van der Waals surface area contributed by atoms with E-state index in [0.717, 1.165) is 17.2 Å². The van der Waals surface area contributed by atoms with Gasteiger partial charge in [0.1, 0.15) is 12.4 Å². The summed E-state index contributed by atoms with van der Waals surface area (Å²) < 4.78 is 16.6. The number of halogens is 1. The van der Waals surface area contributed by atoms with Crippen molar-refractivity contribution in [2.24, 2.45) is 0 Å². The van der Waals surface area contributed by atoms with Gasteiger partial charge < -0.3 is 14.2 Å². The predicted octanol–water partition coefficient (Wildman–Crippen LogP) is 2.69. The first-order valence-electron chi connectivity index (χ1n) is 5.72. The normalized spacial score (nSPS) is 10.3. The molecule has 0 N–H and O–H groups in total. The first-order chi connectivity index (χ1) is 8.79. The second-order valence-electron chi connectivity index (χ2n) is 3.58. The van der Waals surface area contributed by atoms with Crippen molar-refractivity contribution < 1.29 is 19.0 Å². The Bertz CT molecular complexity index is 368. The molecule has 4 nitrogen and oxygen atoms in total. The maximum atomic E-state index is 10.8. The van der Waals surface area contributed by atoms with Crippen LogP contribution in [0.1, 0.15) is 16.8 Å². The van der Waals surface area contributed by atoms with E-state index in [-0.39, 0.29) is 0 Å². The number of hydrogen-bond acceptors (Lipinski definition) is 4. The van der Waals surface area contributed by atoms with E-state index in [2.05, 4.69) is 15.9 Å². The van der Waals surface area contributed by atoms with Crippen LogP contribution in [0.4, 0.5) is 0 Å². The number of carbonyl (C=O) groups is 1. The number of para-hydroxylation sites is 1. The van der Waals surface area contributed by atoms with Gasteiger partial charge >= 0.3 is 0 Å². The van der Waals surface area contributed by atoms with E-state index in [4.69, 9.17) is 14.2 Å². The highest BCUT2D eigenvalue weighted by Gasteiger charge is 2.06. The van der Waals surface area contributed by atoms with Crippen LogP contribution in [0.5, 0.6) is 5.75 Å². The molecular formula is C13H17BrO4. The van der Waals surface area contributed by atoms with Crippen LogP contribution in [-0.2, 0) is 9.47 Å². The number of aldehydes is 1. The number of rotatable bonds is 9. The maximum absolute atomic E-state index is 10.8. The Balaban J connectivity index is 2.29. The Kier molecular flexibility index (Phi) is 7.64. The molecule has 0 saturated carbocycles. The van der Waals surface area contributed by atoms with Gasteiger partial charge in [-0.3, -0.25) is 4.79 Å². The molecule has 18 heavy (non-hydrogen) atoms. The Morgan fingerprint density at radius 3 is 2.78 bits per heavy atom. The number of methoxy groups -OCH3 is 1. The molecule has 1 aromatic rings. The largest absolute Gasteiger partial charge is 0.489 e. The highest BCUT2D eigenvalue weighted by Crippen LogP contribution is 2.27. The van der Waals surface area contributed by atoms with Gasteiger partial charge in [-0.1, -0.05) is 6.07 Å². The standard InChI is InChI=1S/C13H17BrO4/c1-16-6-3-7-17-8-9-18-13-11(10-15)4-2-5-12(13)14/h2,4-5,10H,3,6-9H2,1H3. The lowest BCUT2D eigenvalue weighted by Crippen LogP contribution is -2.09. The van der Waals surface area contributed by atoms with Crippen molar-refractivity contribution in [1.82, 2.24) is 0 Å². The van der Waals surface area contributed by atoms with Gasteiger partial charge in [0.15, 0.2) is 6.29 Å². The van der Waals surface area contributed by atoms with Gasteiger partial charge in [-0.2, -0.15) is 0 Å². The van der Waals surface area contributed by atoms with Gasteiger partial charge in [0.25, 0.3) is 0 Å². The maximum Gasteiger partial charge on any atom is 0.153 e. The number of ether oxygens (including phenoxy) is 3. The summed E-state index contributed by atoms with van der Waals surface area (Å²) in [4.78, 5) is 10.8. The molecule has 0 aromatic heterocycles. The predicted molar refractivity (Wildman–Crippen MR) is 72.3 cm³/mol. The lowest BCUT2D eigenvalue weighted by atomic mass is 10.2. The van der Waals surface area contributed by atoms with E-state index in [1.54, 1.807) is 19.2 Å². The molecule has 0 radical (unpaired) electrons. The zero-order chi connectivity index (χ0) is 13.2. The van der Waals surface area contributed by atoms with Crippen molar-refractivity contribution in [3.63, 3.8) is 0 Å². The molecule has 0 aliphatic carbocycles. The fraction of sp³-hybridized carbons (Fsp3) is 0.462. The molecular weight excluding hydrogens is 300 g/mol. The van der Waals surface area contributed by atoms with Crippen LogP contribution in [0.3, 0.4) is 0 Å². The van der Waals surface area contributed by atoms with Gasteiger partial charge in [-0.25, -0.2) is 0 Å². The van der Waals surface area contributed by atoms with Crippen molar-refractivity contribution in [3.8, 4) is 5.75 Å². The zero-order valence-electron chi connectivity index (χ0n) is 10.4. The SMILES string of the molecule is COCCCOCCOc1c(Br)cccc1C=O. The summed E-state index contributed by atoms with van der Waals surface area (Å²) in [6, 6.07) is 5.34. The summed E-state index contributed by atoms with van der Waals surface area (Å²) in [5.41, 5.74) is 0.531. The van der Waals surface area contributed by atoms with E-state index in [1.165, 1.54) is 0 Å². The smallest absolute Gasteiger partial charge is 0.153 e. The summed E-state index contributed by atoms with van der Waals surface area (Å²) in [6.45, 7) is 2.24. The van der Waals surface area contributed by atoms with Gasteiger partial charge in [-0.05, 0) is 34.5 Å². The van der Waals surface area contributed by atoms with E-state index in [1.807, 2.05) is 6.07 Å². The summed E-state index contributed by atoms with van der Waals surface area (Å²) in [5.74, 6) is 0.563. The van der Waals surface area contributed by atoms with Crippen molar-refractivity contribution in [1.29, 1.82) is 0 Å². The molecule has 0 unspecified atom stereocenters. The fourth-order valence-electron chi connectivity index (χ4n) is 1.38. The van der Waals surface area contributed by atoms with E-state index in [9.17, 15) is 4.79 Å². The summed E-state index contributed by atoms with van der Waals surface area (Å²) in [7, 11) is 1.66. The number of benzene rings is 1. The molecule has 1 rings (SSSR count). The van der Waals surface area contributed by atoms with Crippen LogP contribution >= 0.6 is 15.9 Å². The summed E-state index contributed by atoms with van der Waals surface area (Å²) in [6.07, 6.45) is 1.64. The third-order valence-corrected chi connectivity index (χ3v) is 2.86. The lowest BCUT2D eigenvalue weighted by Gasteiger charge is -2.10. The number of carbonyl (C=O) groups excluding carboxylic acids is 1. The quantitative estimate of drug-likeness (QED) is 0.519. The molecule has 0 bridgehead atoms. The zero-order valence-corrected chi connectivity index (χ0v) is 11.9. The minimum Gasteiger partial charge on any atom is -0.489 e. The minimum atomic E-state index is 0.413. The van der Waals surface area contributed by atoms with Crippen LogP contribution < -0.4 is 4.74 Å². The van der Waals surface area contributed by atoms with Crippen molar-refractivity contribution in [3.05, 3.63) is 28.2 Å². The Morgan fingerprint density at radius 2 is 2.06 bits per heavy atom. The fourth-order valence-corrected chi connectivity index (χ4v) is 1.88. The van der Waals surface area contributed by atoms with E-state index < -0.39 is 0 Å². The topological polar surface area (TPSA) is 44.8 Å². The minimum absolute atomic E-state index is 0.413. The molecule has 0 heterocycles. The van der Waals surface area contributed by atoms with Crippen LogP contribution in [0.25, 0.3) is 0 Å². The first kappa shape index (κ1) is 15.1. The van der Waals surface area contributed by atoms with Crippen LogP contribution in [0.15, 0.2) is 22.7 Å². The molecule has 1 aromatic carbocycles. The third kappa shape index (κ3) is 5.16. The number of hydrogen-bond donors (Lipinski definition) is 0. The first-order valence-corrected chi connectivity index (χ1v) is 6.52. The Hall–Kier alpha value is -0.910. The third-order valence-electron chi connectivity index (χ3n) is 2.24. The molecule has 0 spiro atoms. The second-order valence-corrected chi connectivity index (χ2v) is 4.44. The molecule has 0 saturated heterocycles. The average molecular weight is 317 g/mol. The highest BCUT2D eigenvalue weighted by molar-refractivity contribution is 9.10. The van der Waals surface area contributed by atoms with Crippen molar-refractivity contribution >= 4 is 22.2 Å². The monoisotopic (exact) mass is 316 g/mol. The molecule has 100 valence electrons. The van der Waals surface area contributed by atoms with E-state index >= 15 is 0 Å². The molecule has 5 heteroatoms. The van der Waals surface area contributed by atoms with Crippen molar-refractivity contribution in [2.75, 3.05) is 33.5 Å². The lowest BCUT2D eigenvalue weighted by molar-refractivity contribution is 0.0800. The van der Waals surface area contributed by atoms with Crippen LogP contribution in [-0.4, -0.2) is 39.8 Å². The Labute approximate surface area is 115 Å².